The molecule has 2 rings (SSSR count). The molecule has 0 aromatic rings. The van der Waals surface area contributed by atoms with Gasteiger partial charge in [0.25, 0.3) is 0 Å². The summed E-state index contributed by atoms with van der Waals surface area (Å²) >= 11 is 0. The summed E-state index contributed by atoms with van der Waals surface area (Å²) in [4.78, 5) is 0. The average Bonchev–Trinajstić information content (AvgIpc) is 2.74. The Morgan fingerprint density at radius 1 is 1.25 bits per heavy atom. The summed E-state index contributed by atoms with van der Waals surface area (Å²) in [6, 6.07) is 0.362. The van der Waals surface area contributed by atoms with E-state index in [1.54, 1.807) is 0 Å². The fourth-order valence-corrected chi connectivity index (χ4v) is 3.31. The summed E-state index contributed by atoms with van der Waals surface area (Å²) in [6.45, 7) is 3.19. The molecule has 2 fully saturated rings. The Kier molecular flexibility index (Phi) is 4.62. The highest BCUT2D eigenvalue weighted by Crippen LogP contribution is 2.31. The van der Waals surface area contributed by atoms with Gasteiger partial charge in [-0.2, -0.15) is 0 Å². The molecule has 1 saturated carbocycles. The predicted octanol–water partition coefficient (Wildman–Crippen LogP) is 2.21. The number of hydrogen-bond donors (Lipinski definition) is 2. The standard InChI is InChI=1S/C13H26N2O/c1-10-7-8-16-13(10)12(15-14)9-11-5-3-2-4-6-11/h10-13,15H,2-9,14H2,1H3. The van der Waals surface area contributed by atoms with Crippen LogP contribution < -0.4 is 11.3 Å². The van der Waals surface area contributed by atoms with E-state index >= 15 is 0 Å². The fourth-order valence-electron chi connectivity index (χ4n) is 3.31. The van der Waals surface area contributed by atoms with E-state index in [0.717, 1.165) is 12.5 Å². The number of nitrogens with two attached hydrogens (primary N) is 1. The Morgan fingerprint density at radius 2 is 2.00 bits per heavy atom. The number of hydrogen-bond acceptors (Lipinski definition) is 3. The summed E-state index contributed by atoms with van der Waals surface area (Å²) in [5, 5.41) is 0. The van der Waals surface area contributed by atoms with Crippen molar-refractivity contribution in [2.45, 2.75) is 64.0 Å². The lowest BCUT2D eigenvalue weighted by atomic mass is 9.82. The first-order chi connectivity index (χ1) is 7.81. The number of nitrogens with one attached hydrogen (secondary N) is 1. The van der Waals surface area contributed by atoms with Gasteiger partial charge in [0.1, 0.15) is 0 Å². The van der Waals surface area contributed by atoms with Crippen LogP contribution in [0.2, 0.25) is 0 Å². The van der Waals surface area contributed by atoms with Crippen LogP contribution in [0, 0.1) is 11.8 Å². The van der Waals surface area contributed by atoms with Crippen LogP contribution in [0.3, 0.4) is 0 Å². The van der Waals surface area contributed by atoms with Crippen LogP contribution >= 0.6 is 0 Å². The van der Waals surface area contributed by atoms with E-state index in [4.69, 9.17) is 10.6 Å². The Hall–Kier alpha value is -0.120. The Balaban J connectivity index is 1.84. The summed E-state index contributed by atoms with van der Waals surface area (Å²) in [5.41, 5.74) is 3.00. The minimum absolute atomic E-state index is 0.340. The predicted molar refractivity (Wildman–Crippen MR) is 65.8 cm³/mol. The van der Waals surface area contributed by atoms with E-state index in [9.17, 15) is 0 Å². The van der Waals surface area contributed by atoms with E-state index in [1.807, 2.05) is 0 Å². The number of ether oxygens (including phenoxy) is 1. The number of rotatable bonds is 4. The van der Waals surface area contributed by atoms with Gasteiger partial charge in [-0.15, -0.1) is 0 Å². The maximum atomic E-state index is 5.82. The van der Waals surface area contributed by atoms with Gasteiger partial charge in [-0.1, -0.05) is 39.0 Å². The second kappa shape index (κ2) is 5.99. The lowest BCUT2D eigenvalue weighted by Gasteiger charge is -2.30. The van der Waals surface area contributed by atoms with Gasteiger partial charge in [0.2, 0.25) is 0 Å². The zero-order chi connectivity index (χ0) is 11.4. The van der Waals surface area contributed by atoms with Crippen LogP contribution in [0.25, 0.3) is 0 Å². The first-order valence-electron chi connectivity index (χ1n) is 6.89. The maximum Gasteiger partial charge on any atom is 0.0767 e. The second-order valence-corrected chi connectivity index (χ2v) is 5.61. The van der Waals surface area contributed by atoms with Gasteiger partial charge >= 0.3 is 0 Å². The smallest absolute Gasteiger partial charge is 0.0767 e. The third-order valence-corrected chi connectivity index (χ3v) is 4.37. The van der Waals surface area contributed by atoms with Crippen molar-refractivity contribution >= 4 is 0 Å². The molecule has 3 nitrogen and oxygen atoms in total. The summed E-state index contributed by atoms with van der Waals surface area (Å²) < 4.78 is 5.82. The molecule has 1 heterocycles. The molecule has 3 heteroatoms. The zero-order valence-electron chi connectivity index (χ0n) is 10.5. The van der Waals surface area contributed by atoms with Crippen LogP contribution in [-0.2, 0) is 4.74 Å². The Bertz CT molecular complexity index is 204. The fraction of sp³-hybridized carbons (Fsp3) is 1.00. The third-order valence-electron chi connectivity index (χ3n) is 4.37. The van der Waals surface area contributed by atoms with Crippen molar-refractivity contribution in [3.63, 3.8) is 0 Å². The molecule has 1 aliphatic carbocycles. The monoisotopic (exact) mass is 226 g/mol. The first kappa shape index (κ1) is 12.3. The highest BCUT2D eigenvalue weighted by atomic mass is 16.5. The molecule has 0 radical (unpaired) electrons. The van der Waals surface area contributed by atoms with Crippen molar-refractivity contribution in [2.75, 3.05) is 6.61 Å². The molecule has 3 atom stereocenters. The largest absolute Gasteiger partial charge is 0.376 e. The van der Waals surface area contributed by atoms with Crippen LogP contribution in [-0.4, -0.2) is 18.8 Å². The van der Waals surface area contributed by atoms with Gasteiger partial charge in [0.15, 0.2) is 0 Å². The van der Waals surface area contributed by atoms with Crippen molar-refractivity contribution in [3.05, 3.63) is 0 Å². The lowest BCUT2D eigenvalue weighted by molar-refractivity contribution is 0.0503. The SMILES string of the molecule is CC1CCOC1C(CC1CCCCC1)NN. The Labute approximate surface area is 99.1 Å². The average molecular weight is 226 g/mol. The normalized spacial score (nSPS) is 34.1. The second-order valence-electron chi connectivity index (χ2n) is 5.61. The summed E-state index contributed by atoms with van der Waals surface area (Å²) in [7, 11) is 0. The van der Waals surface area contributed by atoms with Gasteiger partial charge in [0.05, 0.1) is 6.10 Å². The summed E-state index contributed by atoms with van der Waals surface area (Å²) in [5.74, 6) is 7.23. The van der Waals surface area contributed by atoms with Crippen molar-refractivity contribution < 1.29 is 4.74 Å². The van der Waals surface area contributed by atoms with Crippen LogP contribution in [0.1, 0.15) is 51.9 Å². The van der Waals surface area contributed by atoms with E-state index < -0.39 is 0 Å². The highest BCUT2D eigenvalue weighted by Gasteiger charge is 2.33. The van der Waals surface area contributed by atoms with Crippen molar-refractivity contribution in [1.82, 2.24) is 5.43 Å². The van der Waals surface area contributed by atoms with Crippen molar-refractivity contribution in [1.29, 1.82) is 0 Å². The van der Waals surface area contributed by atoms with Crippen LogP contribution in [0.4, 0.5) is 0 Å². The van der Waals surface area contributed by atoms with E-state index in [0.29, 0.717) is 18.1 Å². The molecule has 1 aliphatic heterocycles. The molecule has 16 heavy (non-hydrogen) atoms. The van der Waals surface area contributed by atoms with Gasteiger partial charge in [-0.25, -0.2) is 0 Å². The minimum Gasteiger partial charge on any atom is -0.376 e. The molecule has 0 aromatic heterocycles. The van der Waals surface area contributed by atoms with Crippen LogP contribution in [0.5, 0.6) is 0 Å². The molecule has 0 spiro atoms. The molecule has 2 aliphatic rings. The summed E-state index contributed by atoms with van der Waals surface area (Å²) in [6.07, 6.45) is 9.74. The van der Waals surface area contributed by atoms with Gasteiger partial charge in [0, 0.05) is 12.6 Å². The van der Waals surface area contributed by atoms with E-state index in [-0.39, 0.29) is 0 Å². The highest BCUT2D eigenvalue weighted by molar-refractivity contribution is 4.85. The van der Waals surface area contributed by atoms with E-state index in [2.05, 4.69) is 12.3 Å². The Morgan fingerprint density at radius 3 is 2.56 bits per heavy atom. The molecule has 94 valence electrons. The lowest BCUT2D eigenvalue weighted by Crippen LogP contribution is -2.47. The quantitative estimate of drug-likeness (QED) is 0.571. The van der Waals surface area contributed by atoms with Gasteiger partial charge < -0.3 is 4.74 Å². The zero-order valence-corrected chi connectivity index (χ0v) is 10.5. The molecular weight excluding hydrogens is 200 g/mol. The van der Waals surface area contributed by atoms with Crippen LogP contribution in [0.15, 0.2) is 0 Å². The molecular formula is C13H26N2O. The van der Waals surface area contributed by atoms with E-state index in [1.165, 1.54) is 44.9 Å². The first-order valence-corrected chi connectivity index (χ1v) is 6.89. The van der Waals surface area contributed by atoms with Gasteiger partial charge in [-0.3, -0.25) is 11.3 Å². The molecule has 0 amide bonds. The topological polar surface area (TPSA) is 47.3 Å². The van der Waals surface area contributed by atoms with Crippen molar-refractivity contribution in [2.24, 2.45) is 17.7 Å². The minimum atomic E-state index is 0.340. The van der Waals surface area contributed by atoms with Crippen molar-refractivity contribution in [3.8, 4) is 0 Å². The molecule has 3 unspecified atom stereocenters. The molecule has 3 N–H and O–H groups in total. The van der Waals surface area contributed by atoms with Gasteiger partial charge in [-0.05, 0) is 24.7 Å². The third kappa shape index (κ3) is 2.96. The maximum absolute atomic E-state index is 5.82. The molecule has 0 aromatic carbocycles. The molecule has 1 saturated heterocycles. The molecule has 0 bridgehead atoms. The number of hydrazine groups is 1.